The van der Waals surface area contributed by atoms with Crippen molar-refractivity contribution in [3.8, 4) is 0 Å². The van der Waals surface area contributed by atoms with Gasteiger partial charge >= 0.3 is 0 Å². The maximum Gasteiger partial charge on any atom is 0.251 e. The van der Waals surface area contributed by atoms with Gasteiger partial charge in [0, 0.05) is 24.3 Å². The molecule has 1 heterocycles. The zero-order valence-corrected chi connectivity index (χ0v) is 8.79. The first-order chi connectivity index (χ1) is 7.29. The van der Waals surface area contributed by atoms with Gasteiger partial charge in [-0.1, -0.05) is 0 Å². The van der Waals surface area contributed by atoms with Crippen molar-refractivity contribution >= 4 is 11.7 Å². The Bertz CT molecular complexity index is 361. The number of rotatable bonds is 4. The standard InChI is InChI=1S/C11H15N3O/c1-2-12-10-7-8(5-6-13-10)11(15)14-9-3-4-9/h5-7,9H,2-4H2,1H3,(H,12,13)(H,14,15). The van der Waals surface area contributed by atoms with Gasteiger partial charge in [-0.25, -0.2) is 4.98 Å². The molecule has 2 rings (SSSR count). The third-order valence-corrected chi connectivity index (χ3v) is 2.29. The summed E-state index contributed by atoms with van der Waals surface area (Å²) in [5, 5.41) is 6.03. The average molecular weight is 205 g/mol. The topological polar surface area (TPSA) is 54.0 Å². The molecule has 0 radical (unpaired) electrons. The Hall–Kier alpha value is -1.58. The van der Waals surface area contributed by atoms with Gasteiger partial charge in [0.2, 0.25) is 0 Å². The summed E-state index contributed by atoms with van der Waals surface area (Å²) < 4.78 is 0. The highest BCUT2D eigenvalue weighted by molar-refractivity contribution is 5.95. The zero-order valence-electron chi connectivity index (χ0n) is 8.79. The van der Waals surface area contributed by atoms with Crippen LogP contribution in [0.1, 0.15) is 30.1 Å². The van der Waals surface area contributed by atoms with E-state index < -0.39 is 0 Å². The van der Waals surface area contributed by atoms with Gasteiger partial charge in [-0.3, -0.25) is 4.79 Å². The summed E-state index contributed by atoms with van der Waals surface area (Å²) in [4.78, 5) is 15.8. The quantitative estimate of drug-likeness (QED) is 0.781. The van der Waals surface area contributed by atoms with Crippen LogP contribution >= 0.6 is 0 Å². The van der Waals surface area contributed by atoms with Crippen molar-refractivity contribution in [2.45, 2.75) is 25.8 Å². The summed E-state index contributed by atoms with van der Waals surface area (Å²) in [6.07, 6.45) is 3.87. The minimum atomic E-state index is -0.000877. The molecule has 0 saturated heterocycles. The number of hydrogen-bond acceptors (Lipinski definition) is 3. The Morgan fingerprint density at radius 1 is 1.60 bits per heavy atom. The largest absolute Gasteiger partial charge is 0.370 e. The first kappa shape index (κ1) is 9.96. The summed E-state index contributed by atoms with van der Waals surface area (Å²) in [7, 11) is 0. The summed E-state index contributed by atoms with van der Waals surface area (Å²) in [5.41, 5.74) is 0.674. The number of hydrogen-bond donors (Lipinski definition) is 2. The fraction of sp³-hybridized carbons (Fsp3) is 0.455. The average Bonchev–Trinajstić information content (AvgIpc) is 3.03. The van der Waals surface area contributed by atoms with Gasteiger partial charge in [-0.05, 0) is 31.9 Å². The van der Waals surface area contributed by atoms with Crippen LogP contribution in [0.3, 0.4) is 0 Å². The number of amides is 1. The smallest absolute Gasteiger partial charge is 0.251 e. The lowest BCUT2D eigenvalue weighted by Crippen LogP contribution is -2.25. The van der Waals surface area contributed by atoms with Crippen molar-refractivity contribution in [2.75, 3.05) is 11.9 Å². The molecule has 2 N–H and O–H groups in total. The Morgan fingerprint density at radius 2 is 2.40 bits per heavy atom. The lowest BCUT2D eigenvalue weighted by Gasteiger charge is -2.05. The first-order valence-electron chi connectivity index (χ1n) is 5.30. The molecule has 0 unspecified atom stereocenters. The summed E-state index contributed by atoms with van der Waals surface area (Å²) in [5.74, 6) is 0.750. The summed E-state index contributed by atoms with van der Waals surface area (Å²) >= 11 is 0. The fourth-order valence-electron chi connectivity index (χ4n) is 1.35. The van der Waals surface area contributed by atoms with E-state index in [4.69, 9.17) is 0 Å². The summed E-state index contributed by atoms with van der Waals surface area (Å²) in [6.45, 7) is 2.80. The highest BCUT2D eigenvalue weighted by atomic mass is 16.1. The second kappa shape index (κ2) is 4.29. The molecular formula is C11H15N3O. The number of anilines is 1. The molecule has 1 saturated carbocycles. The highest BCUT2D eigenvalue weighted by Gasteiger charge is 2.23. The molecule has 1 aromatic rings. The molecule has 15 heavy (non-hydrogen) atoms. The van der Waals surface area contributed by atoms with Crippen LogP contribution in [0.5, 0.6) is 0 Å². The van der Waals surface area contributed by atoms with Crippen molar-refractivity contribution < 1.29 is 4.79 Å². The van der Waals surface area contributed by atoms with Crippen LogP contribution in [0.2, 0.25) is 0 Å². The Kier molecular flexibility index (Phi) is 2.85. The van der Waals surface area contributed by atoms with Crippen LogP contribution in [-0.2, 0) is 0 Å². The van der Waals surface area contributed by atoms with E-state index in [2.05, 4.69) is 15.6 Å². The molecule has 80 valence electrons. The molecule has 4 heteroatoms. The minimum Gasteiger partial charge on any atom is -0.370 e. The zero-order chi connectivity index (χ0) is 10.7. The van der Waals surface area contributed by atoms with Crippen molar-refractivity contribution in [2.24, 2.45) is 0 Å². The van der Waals surface area contributed by atoms with E-state index in [0.717, 1.165) is 25.2 Å². The Balaban J connectivity index is 2.05. The number of carbonyl (C=O) groups excluding carboxylic acids is 1. The van der Waals surface area contributed by atoms with Crippen LogP contribution in [0.4, 0.5) is 5.82 Å². The van der Waals surface area contributed by atoms with Crippen LogP contribution in [-0.4, -0.2) is 23.5 Å². The lowest BCUT2D eigenvalue weighted by molar-refractivity contribution is 0.0951. The molecule has 1 aliphatic carbocycles. The number of pyridine rings is 1. The molecule has 0 bridgehead atoms. The van der Waals surface area contributed by atoms with E-state index in [9.17, 15) is 4.79 Å². The molecule has 4 nitrogen and oxygen atoms in total. The van der Waals surface area contributed by atoms with Gasteiger partial charge in [0.15, 0.2) is 0 Å². The number of nitrogens with one attached hydrogen (secondary N) is 2. The first-order valence-corrected chi connectivity index (χ1v) is 5.30. The van der Waals surface area contributed by atoms with Gasteiger partial charge < -0.3 is 10.6 Å². The van der Waals surface area contributed by atoms with Gasteiger partial charge in [-0.2, -0.15) is 0 Å². The molecule has 0 aliphatic heterocycles. The number of carbonyl (C=O) groups is 1. The fourth-order valence-corrected chi connectivity index (χ4v) is 1.35. The summed E-state index contributed by atoms with van der Waals surface area (Å²) in [6, 6.07) is 3.91. The van der Waals surface area contributed by atoms with Gasteiger partial charge in [0.25, 0.3) is 5.91 Å². The Labute approximate surface area is 89.1 Å². The van der Waals surface area contributed by atoms with Crippen molar-refractivity contribution in [3.05, 3.63) is 23.9 Å². The van der Waals surface area contributed by atoms with Gasteiger partial charge in [-0.15, -0.1) is 0 Å². The van der Waals surface area contributed by atoms with Crippen molar-refractivity contribution in [1.82, 2.24) is 10.3 Å². The molecule has 0 atom stereocenters. The Morgan fingerprint density at radius 3 is 3.07 bits per heavy atom. The van der Waals surface area contributed by atoms with E-state index >= 15 is 0 Å². The molecule has 1 amide bonds. The second-order valence-electron chi connectivity index (χ2n) is 3.71. The van der Waals surface area contributed by atoms with Crippen molar-refractivity contribution in [1.29, 1.82) is 0 Å². The maximum atomic E-state index is 11.7. The van der Waals surface area contributed by atoms with E-state index in [1.807, 2.05) is 6.92 Å². The van der Waals surface area contributed by atoms with Crippen LogP contribution < -0.4 is 10.6 Å². The number of nitrogens with zero attached hydrogens (tertiary/aromatic N) is 1. The molecule has 0 aromatic carbocycles. The molecule has 0 spiro atoms. The molecule has 1 aromatic heterocycles. The van der Waals surface area contributed by atoms with Gasteiger partial charge in [0.1, 0.15) is 5.82 Å². The minimum absolute atomic E-state index is 0.000877. The predicted molar refractivity (Wildman–Crippen MR) is 58.9 cm³/mol. The lowest BCUT2D eigenvalue weighted by atomic mass is 10.2. The van der Waals surface area contributed by atoms with E-state index in [1.54, 1.807) is 18.3 Å². The SMILES string of the molecule is CCNc1cc(C(=O)NC2CC2)ccn1. The normalized spacial score (nSPS) is 14.7. The van der Waals surface area contributed by atoms with Crippen molar-refractivity contribution in [3.63, 3.8) is 0 Å². The van der Waals surface area contributed by atoms with Gasteiger partial charge in [0.05, 0.1) is 0 Å². The third-order valence-electron chi connectivity index (χ3n) is 2.29. The number of aromatic nitrogens is 1. The van der Waals surface area contributed by atoms with Crippen LogP contribution in [0, 0.1) is 0 Å². The molecular weight excluding hydrogens is 190 g/mol. The van der Waals surface area contributed by atoms with Crippen LogP contribution in [0.15, 0.2) is 18.3 Å². The maximum absolute atomic E-state index is 11.7. The van der Waals surface area contributed by atoms with E-state index in [-0.39, 0.29) is 5.91 Å². The highest BCUT2D eigenvalue weighted by Crippen LogP contribution is 2.19. The second-order valence-corrected chi connectivity index (χ2v) is 3.71. The van der Waals surface area contributed by atoms with E-state index in [1.165, 1.54) is 0 Å². The van der Waals surface area contributed by atoms with Crippen LogP contribution in [0.25, 0.3) is 0 Å². The van der Waals surface area contributed by atoms with E-state index in [0.29, 0.717) is 11.6 Å². The molecule has 1 fully saturated rings. The molecule has 1 aliphatic rings. The predicted octanol–water partition coefficient (Wildman–Crippen LogP) is 1.41. The third kappa shape index (κ3) is 2.68. The monoisotopic (exact) mass is 205 g/mol.